The molecule has 3 aromatic rings. The second-order valence-electron chi connectivity index (χ2n) is 7.06. The average Bonchev–Trinajstić information content (AvgIpc) is 2.75. The van der Waals surface area contributed by atoms with Crippen molar-refractivity contribution in [1.82, 2.24) is 15.1 Å². The number of hydrogen-bond acceptors (Lipinski definition) is 6. The highest BCUT2D eigenvalue weighted by Crippen LogP contribution is 2.22. The Morgan fingerprint density at radius 1 is 0.828 bits per heavy atom. The van der Waals surface area contributed by atoms with Gasteiger partial charge >= 0.3 is 0 Å². The molecule has 1 N–H and O–H groups in total. The van der Waals surface area contributed by atoms with Crippen LogP contribution in [0, 0.1) is 0 Å². The maximum atomic E-state index is 12.4. The monoisotopic (exact) mass is 409 g/mol. The third kappa shape index (κ3) is 4.55. The molecule has 8 heteroatoms. The van der Waals surface area contributed by atoms with Crippen molar-refractivity contribution in [3.8, 4) is 11.3 Å². The van der Waals surface area contributed by atoms with Gasteiger partial charge in [-0.15, -0.1) is 10.2 Å². The maximum absolute atomic E-state index is 12.4. The summed E-state index contributed by atoms with van der Waals surface area (Å²) in [6.07, 6.45) is 0. The van der Waals surface area contributed by atoms with Crippen LogP contribution in [0.3, 0.4) is 0 Å². The minimum Gasteiger partial charge on any atom is -0.353 e. The van der Waals surface area contributed by atoms with Crippen LogP contribution in [0.5, 0.6) is 0 Å². The Morgan fingerprint density at radius 3 is 2.14 bits per heavy atom. The molecule has 7 nitrogen and oxygen atoms in total. The number of hydrogen-bond donors (Lipinski definition) is 1. The molecule has 2 heterocycles. The van der Waals surface area contributed by atoms with Crippen molar-refractivity contribution in [2.75, 3.05) is 42.8 Å². The summed E-state index contributed by atoms with van der Waals surface area (Å²) >= 11 is 0. The molecule has 0 atom stereocenters. The van der Waals surface area contributed by atoms with Crippen LogP contribution in [0.1, 0.15) is 0 Å². The average molecular weight is 410 g/mol. The second-order valence-corrected chi connectivity index (χ2v) is 8.75. The fourth-order valence-corrected chi connectivity index (χ4v) is 4.29. The van der Waals surface area contributed by atoms with Gasteiger partial charge in [0.05, 0.1) is 10.6 Å². The Morgan fingerprint density at radius 2 is 1.52 bits per heavy atom. The van der Waals surface area contributed by atoms with E-state index in [-0.39, 0.29) is 4.90 Å². The molecule has 0 unspecified atom stereocenters. The Bertz CT molecular complexity index is 1050. The van der Waals surface area contributed by atoms with E-state index in [1.807, 2.05) is 24.3 Å². The van der Waals surface area contributed by atoms with Crippen molar-refractivity contribution >= 4 is 21.5 Å². The van der Waals surface area contributed by atoms with E-state index in [0.717, 1.165) is 43.3 Å². The van der Waals surface area contributed by atoms with Crippen LogP contribution in [0.2, 0.25) is 0 Å². The van der Waals surface area contributed by atoms with Gasteiger partial charge in [-0.3, -0.25) is 4.72 Å². The highest BCUT2D eigenvalue weighted by molar-refractivity contribution is 7.92. The summed E-state index contributed by atoms with van der Waals surface area (Å²) in [7, 11) is -1.48. The molecular formula is C21H23N5O2S. The van der Waals surface area contributed by atoms with Gasteiger partial charge in [0.15, 0.2) is 5.82 Å². The summed E-state index contributed by atoms with van der Waals surface area (Å²) in [4.78, 5) is 4.76. The van der Waals surface area contributed by atoms with E-state index in [4.69, 9.17) is 0 Å². The summed E-state index contributed by atoms with van der Waals surface area (Å²) < 4.78 is 27.4. The minimum atomic E-state index is -3.60. The van der Waals surface area contributed by atoms with Crippen molar-refractivity contribution in [1.29, 1.82) is 0 Å². The lowest BCUT2D eigenvalue weighted by atomic mass is 10.1. The number of benzene rings is 2. The van der Waals surface area contributed by atoms with Gasteiger partial charge in [0, 0.05) is 37.4 Å². The van der Waals surface area contributed by atoms with Gasteiger partial charge in [-0.1, -0.05) is 30.3 Å². The summed E-state index contributed by atoms with van der Waals surface area (Å²) in [6, 6.07) is 19.4. The predicted octanol–water partition coefficient (Wildman–Crippen LogP) is 2.70. The van der Waals surface area contributed by atoms with E-state index in [1.165, 1.54) is 0 Å². The SMILES string of the molecule is CN1CCN(c2ccc(-c3ccc(NS(=O)(=O)c4ccccc4)cc3)nn2)CC1. The van der Waals surface area contributed by atoms with E-state index < -0.39 is 10.0 Å². The molecule has 0 amide bonds. The lowest BCUT2D eigenvalue weighted by molar-refractivity contribution is 0.312. The predicted molar refractivity (Wildman–Crippen MR) is 114 cm³/mol. The summed E-state index contributed by atoms with van der Waals surface area (Å²) in [5.41, 5.74) is 2.13. The lowest BCUT2D eigenvalue weighted by Crippen LogP contribution is -2.44. The van der Waals surface area contributed by atoms with E-state index in [0.29, 0.717) is 5.69 Å². The van der Waals surface area contributed by atoms with Crippen LogP contribution in [0.4, 0.5) is 11.5 Å². The van der Waals surface area contributed by atoms with Crippen LogP contribution >= 0.6 is 0 Å². The summed E-state index contributed by atoms with van der Waals surface area (Å²) in [5.74, 6) is 0.883. The van der Waals surface area contributed by atoms with Gasteiger partial charge in [-0.05, 0) is 43.4 Å². The highest BCUT2D eigenvalue weighted by Gasteiger charge is 2.16. The normalized spacial score (nSPS) is 15.3. The van der Waals surface area contributed by atoms with E-state index in [1.54, 1.807) is 42.5 Å². The standard InChI is InChI=1S/C21H23N5O2S/c1-25-13-15-26(16-14-25)21-12-11-20(22-23-21)17-7-9-18(10-8-17)24-29(27,28)19-5-3-2-4-6-19/h2-12,24H,13-16H2,1H3. The molecule has 0 spiro atoms. The fraction of sp³-hybridized carbons (Fsp3) is 0.238. The largest absolute Gasteiger partial charge is 0.353 e. The zero-order valence-electron chi connectivity index (χ0n) is 16.2. The molecule has 1 aromatic heterocycles. The Balaban J connectivity index is 1.45. The first-order valence-electron chi connectivity index (χ1n) is 9.47. The van der Waals surface area contributed by atoms with Crippen LogP contribution < -0.4 is 9.62 Å². The first-order valence-corrected chi connectivity index (χ1v) is 11.0. The molecule has 29 heavy (non-hydrogen) atoms. The number of anilines is 2. The van der Waals surface area contributed by atoms with Gasteiger partial charge in [0.2, 0.25) is 0 Å². The molecular weight excluding hydrogens is 386 g/mol. The van der Waals surface area contributed by atoms with Crippen LogP contribution in [-0.2, 0) is 10.0 Å². The second kappa shape index (κ2) is 8.18. The van der Waals surface area contributed by atoms with E-state index in [9.17, 15) is 8.42 Å². The molecule has 0 bridgehead atoms. The Labute approximate surface area is 171 Å². The number of aromatic nitrogens is 2. The topological polar surface area (TPSA) is 78.4 Å². The Hall–Kier alpha value is -2.97. The lowest BCUT2D eigenvalue weighted by Gasteiger charge is -2.32. The smallest absolute Gasteiger partial charge is 0.261 e. The minimum absolute atomic E-state index is 0.231. The molecule has 1 saturated heterocycles. The Kier molecular flexibility index (Phi) is 5.46. The third-order valence-corrected chi connectivity index (χ3v) is 6.36. The number of sulfonamides is 1. The molecule has 2 aromatic carbocycles. The number of piperazine rings is 1. The van der Waals surface area contributed by atoms with Gasteiger partial charge in [0.25, 0.3) is 10.0 Å². The van der Waals surface area contributed by atoms with Crippen molar-refractivity contribution < 1.29 is 8.42 Å². The number of likely N-dealkylation sites (N-methyl/N-ethyl adjacent to an activating group) is 1. The van der Waals surface area contributed by atoms with Crippen molar-refractivity contribution in [2.24, 2.45) is 0 Å². The maximum Gasteiger partial charge on any atom is 0.261 e. The van der Waals surface area contributed by atoms with Gasteiger partial charge < -0.3 is 9.80 Å². The zero-order valence-corrected chi connectivity index (χ0v) is 17.0. The first-order chi connectivity index (χ1) is 14.0. The first kappa shape index (κ1) is 19.4. The zero-order chi connectivity index (χ0) is 20.3. The van der Waals surface area contributed by atoms with Crippen LogP contribution in [0.15, 0.2) is 71.6 Å². The summed E-state index contributed by atoms with van der Waals surface area (Å²) in [6.45, 7) is 3.93. The van der Waals surface area contributed by atoms with E-state index in [2.05, 4.69) is 31.8 Å². The molecule has 1 fully saturated rings. The van der Waals surface area contributed by atoms with Crippen LogP contribution in [-0.4, -0.2) is 56.7 Å². The number of nitrogens with one attached hydrogen (secondary N) is 1. The van der Waals surface area contributed by atoms with Gasteiger partial charge in [0.1, 0.15) is 0 Å². The molecule has 0 saturated carbocycles. The number of nitrogens with zero attached hydrogens (tertiary/aromatic N) is 4. The quantitative estimate of drug-likeness (QED) is 0.698. The van der Waals surface area contributed by atoms with Gasteiger partial charge in [-0.2, -0.15) is 0 Å². The van der Waals surface area contributed by atoms with Crippen LogP contribution in [0.25, 0.3) is 11.3 Å². The molecule has 0 aliphatic carbocycles. The molecule has 1 aliphatic rings. The van der Waals surface area contributed by atoms with Crippen molar-refractivity contribution in [2.45, 2.75) is 4.90 Å². The van der Waals surface area contributed by atoms with Crippen molar-refractivity contribution in [3.63, 3.8) is 0 Å². The molecule has 4 rings (SSSR count). The molecule has 1 aliphatic heterocycles. The third-order valence-electron chi connectivity index (χ3n) is 4.96. The fourth-order valence-electron chi connectivity index (χ4n) is 3.21. The van der Waals surface area contributed by atoms with Crippen molar-refractivity contribution in [3.05, 3.63) is 66.7 Å². The molecule has 0 radical (unpaired) electrons. The molecule has 150 valence electrons. The highest BCUT2D eigenvalue weighted by atomic mass is 32.2. The van der Waals surface area contributed by atoms with E-state index >= 15 is 0 Å². The van der Waals surface area contributed by atoms with Gasteiger partial charge in [-0.25, -0.2) is 8.42 Å². The summed E-state index contributed by atoms with van der Waals surface area (Å²) in [5, 5.41) is 8.72. The number of rotatable bonds is 5.